The van der Waals surface area contributed by atoms with Crippen LogP contribution in [0.4, 0.5) is 11.6 Å². The molecule has 2 N–H and O–H groups in total. The van der Waals surface area contributed by atoms with Crippen molar-refractivity contribution in [2.24, 2.45) is 0 Å². The third-order valence-electron chi connectivity index (χ3n) is 15.7. The van der Waals surface area contributed by atoms with Gasteiger partial charge in [-0.25, -0.2) is 9.59 Å². The molecule has 17 nitrogen and oxygen atoms in total. The van der Waals surface area contributed by atoms with Crippen LogP contribution in [0.2, 0.25) is 0 Å². The lowest BCUT2D eigenvalue weighted by molar-refractivity contribution is -0.227. The molecule has 2 saturated heterocycles. The largest absolute Gasteiger partial charge is 0.351 e. The van der Waals surface area contributed by atoms with Crippen molar-refractivity contribution in [3.05, 3.63) is 333 Å². The van der Waals surface area contributed by atoms with Crippen LogP contribution in [-0.2, 0) is 34.2 Å². The lowest BCUT2D eigenvalue weighted by Crippen LogP contribution is -2.58. The van der Waals surface area contributed by atoms with Crippen molar-refractivity contribution in [3.8, 4) is 0 Å². The molecular formula is C69H61N8O9P. The average Bonchev–Trinajstić information content (AvgIpc) is 0.810. The van der Waals surface area contributed by atoms with Gasteiger partial charge >= 0.3 is 19.0 Å². The van der Waals surface area contributed by atoms with Crippen LogP contribution in [0, 0.1) is 0 Å². The molecule has 4 atom stereocenters. The predicted molar refractivity (Wildman–Crippen MR) is 331 cm³/mol. The van der Waals surface area contributed by atoms with E-state index < -0.39 is 66.9 Å². The average molecular weight is 1180 g/mol. The van der Waals surface area contributed by atoms with Gasteiger partial charge in [-0.15, -0.1) is 0 Å². The van der Waals surface area contributed by atoms with E-state index in [-0.39, 0.29) is 37.8 Å². The van der Waals surface area contributed by atoms with Crippen molar-refractivity contribution in [2.45, 2.75) is 36.1 Å². The Bertz CT molecular complexity index is 3680. The minimum atomic E-state index is -4.39. The summed E-state index contributed by atoms with van der Waals surface area (Å²) >= 11 is 0. The summed E-state index contributed by atoms with van der Waals surface area (Å²) in [5.41, 5.74) is 2.47. The third kappa shape index (κ3) is 12.2. The van der Waals surface area contributed by atoms with Gasteiger partial charge in [0.05, 0.1) is 24.2 Å². The normalized spacial score (nSPS) is 17.7. The zero-order chi connectivity index (χ0) is 59.8. The molecule has 0 aliphatic carbocycles. The Labute approximate surface area is 502 Å². The van der Waals surface area contributed by atoms with Gasteiger partial charge in [0.1, 0.15) is 11.6 Å². The van der Waals surface area contributed by atoms with Crippen LogP contribution in [0.3, 0.4) is 0 Å². The SMILES string of the molecule is CP(=O)(O[C@H]1CN(C(c2ccccc2)(c2ccccc2)c2ccccc2)C[C@H](n2ccc(NC(=O)c3ccccc3)nc2=O)O1)O[C@H]1CN(C(c2ccccc2)(c2ccccc2)c2ccccc2)C[C@H](n2ccc(NC(=O)c3ccccc3)nc2=O)O1. The quantitative estimate of drug-likeness (QED) is 0.0611. The third-order valence-corrected chi connectivity index (χ3v) is 16.9. The molecule has 2 fully saturated rings. The molecule has 18 heteroatoms. The maximum atomic E-state index is 15.7. The monoisotopic (exact) mass is 1180 g/mol. The molecule has 0 spiro atoms. The lowest BCUT2D eigenvalue weighted by Gasteiger charge is -2.51. The number of nitrogens with zero attached hydrogens (tertiary/aromatic N) is 6. The van der Waals surface area contributed by atoms with Crippen molar-refractivity contribution >= 4 is 31.0 Å². The van der Waals surface area contributed by atoms with Crippen LogP contribution < -0.4 is 22.0 Å². The van der Waals surface area contributed by atoms with Crippen molar-refractivity contribution in [2.75, 3.05) is 43.5 Å². The molecule has 2 aromatic heterocycles. The van der Waals surface area contributed by atoms with Gasteiger partial charge in [-0.3, -0.25) is 42.1 Å². The van der Waals surface area contributed by atoms with E-state index in [9.17, 15) is 19.2 Å². The molecule has 2 amide bonds. The fourth-order valence-corrected chi connectivity index (χ4v) is 13.1. The van der Waals surface area contributed by atoms with E-state index in [1.165, 1.54) is 40.3 Å². The molecule has 0 bridgehead atoms. The topological polar surface area (TPSA) is 188 Å². The van der Waals surface area contributed by atoms with E-state index in [1.807, 2.05) is 182 Å². The van der Waals surface area contributed by atoms with E-state index in [1.54, 1.807) is 60.7 Å². The van der Waals surface area contributed by atoms with Crippen molar-refractivity contribution in [1.29, 1.82) is 0 Å². The fourth-order valence-electron chi connectivity index (χ4n) is 12.0. The standard InChI is InChI=1S/C69H61N8O9P/c1-87(82,85-62-48-74(46-60(83-62)76-44-42-58(72-66(76)80)70-64(78)50-26-10-2-11-27-50)68(52-30-14-4-15-31-52,53-32-16-5-17-33-53)54-34-18-6-19-35-54)86-63-49-75(47-61(84-63)77-45-43-59(73-67(77)81)71-65(79)51-28-12-3-13-29-51)69(55-36-20-7-21-37-55,56-38-22-8-23-39-56)57-40-24-9-25-41-57/h2-45,60-63H,46-49H2,1H3,(H,70,72,78,80)(H,71,73,79,81)/t60-,61-,62+,63+/m1/s1. The molecule has 0 radical (unpaired) electrons. The van der Waals surface area contributed by atoms with Gasteiger partial charge in [-0.2, -0.15) is 9.97 Å². The van der Waals surface area contributed by atoms with Crippen LogP contribution in [0.15, 0.2) is 277 Å². The highest BCUT2D eigenvalue weighted by Crippen LogP contribution is 2.52. The Balaban J connectivity index is 0.933. The number of benzene rings is 8. The number of hydrogen-bond acceptors (Lipinski definition) is 13. The zero-order valence-electron chi connectivity index (χ0n) is 47.3. The van der Waals surface area contributed by atoms with E-state index in [0.29, 0.717) is 11.1 Å². The minimum absolute atomic E-state index is 0.0165. The summed E-state index contributed by atoms with van der Waals surface area (Å²) in [5, 5.41) is 5.46. The summed E-state index contributed by atoms with van der Waals surface area (Å²) in [4.78, 5) is 68.2. The Kier molecular flexibility index (Phi) is 17.0. The Morgan fingerprint density at radius 1 is 0.425 bits per heavy atom. The maximum absolute atomic E-state index is 15.7. The first-order valence-electron chi connectivity index (χ1n) is 28.5. The maximum Gasteiger partial charge on any atom is 0.351 e. The van der Waals surface area contributed by atoms with Crippen molar-refractivity contribution in [1.82, 2.24) is 28.9 Å². The van der Waals surface area contributed by atoms with Gasteiger partial charge in [-0.1, -0.05) is 218 Å². The highest BCUT2D eigenvalue weighted by molar-refractivity contribution is 7.53. The number of nitrogens with one attached hydrogen (secondary N) is 2. The molecule has 8 aromatic carbocycles. The van der Waals surface area contributed by atoms with Crippen molar-refractivity contribution in [3.63, 3.8) is 0 Å². The van der Waals surface area contributed by atoms with E-state index in [0.717, 1.165) is 33.4 Å². The van der Waals surface area contributed by atoms with Crippen LogP contribution in [0.25, 0.3) is 0 Å². The summed E-state index contributed by atoms with van der Waals surface area (Å²) in [6.07, 6.45) is -1.99. The van der Waals surface area contributed by atoms with Gasteiger partial charge in [0.15, 0.2) is 25.0 Å². The zero-order valence-corrected chi connectivity index (χ0v) is 48.2. The molecule has 2 aliphatic heterocycles. The summed E-state index contributed by atoms with van der Waals surface area (Å²) in [6, 6.07) is 80.1. The van der Waals surface area contributed by atoms with E-state index in [4.69, 9.17) is 18.5 Å². The molecule has 10 aromatic rings. The summed E-state index contributed by atoms with van der Waals surface area (Å²) in [5.74, 6) is -0.828. The molecule has 12 rings (SSSR count). The highest BCUT2D eigenvalue weighted by atomic mass is 31.2. The van der Waals surface area contributed by atoms with Gasteiger partial charge in [0, 0.05) is 43.3 Å². The fraction of sp³-hybridized carbons (Fsp3) is 0.159. The first-order chi connectivity index (χ1) is 42.5. The predicted octanol–water partition coefficient (Wildman–Crippen LogP) is 11.2. The van der Waals surface area contributed by atoms with Crippen LogP contribution in [0.5, 0.6) is 0 Å². The Morgan fingerprint density at radius 2 is 0.690 bits per heavy atom. The molecular weight excluding hydrogens is 1120 g/mol. The van der Waals surface area contributed by atoms with Crippen molar-refractivity contribution < 1.29 is 32.7 Å². The van der Waals surface area contributed by atoms with Crippen LogP contribution in [-0.4, -0.2) is 86.1 Å². The first-order valence-corrected chi connectivity index (χ1v) is 30.5. The second-order valence-corrected chi connectivity index (χ2v) is 23.1. The molecule has 0 saturated carbocycles. The summed E-state index contributed by atoms with van der Waals surface area (Å²) in [7, 11) is -4.39. The van der Waals surface area contributed by atoms with Gasteiger partial charge in [-0.05, 0) is 69.8 Å². The smallest absolute Gasteiger partial charge is 0.326 e. The molecule has 87 heavy (non-hydrogen) atoms. The molecule has 2 aliphatic rings. The number of hydrogen-bond donors (Lipinski definition) is 2. The van der Waals surface area contributed by atoms with Gasteiger partial charge < -0.3 is 20.1 Å². The highest BCUT2D eigenvalue weighted by Gasteiger charge is 2.50. The second kappa shape index (κ2) is 25.6. The number of carbonyl (C=O) groups is 2. The number of amides is 2. The number of rotatable bonds is 18. The molecule has 0 unspecified atom stereocenters. The Hall–Kier alpha value is -9.55. The number of aromatic nitrogens is 4. The number of anilines is 2. The number of morpholine rings is 2. The minimum Gasteiger partial charge on any atom is -0.326 e. The number of carbonyl (C=O) groups excluding carboxylic acids is 2. The summed E-state index contributed by atoms with van der Waals surface area (Å²) < 4.78 is 45.4. The second-order valence-electron chi connectivity index (χ2n) is 21.1. The molecule has 4 heterocycles. The van der Waals surface area contributed by atoms with Gasteiger partial charge in [0.2, 0.25) is 0 Å². The molecule has 436 valence electrons. The first kappa shape index (κ1) is 57.9. The van der Waals surface area contributed by atoms with Crippen LogP contribution >= 0.6 is 7.60 Å². The van der Waals surface area contributed by atoms with E-state index in [2.05, 4.69) is 30.4 Å². The van der Waals surface area contributed by atoms with E-state index >= 15 is 4.57 Å². The van der Waals surface area contributed by atoms with Crippen LogP contribution in [0.1, 0.15) is 66.6 Å². The number of ether oxygens (including phenoxy) is 2. The lowest BCUT2D eigenvalue weighted by atomic mass is 9.75. The summed E-state index contributed by atoms with van der Waals surface area (Å²) in [6.45, 7) is 1.46. The van der Waals surface area contributed by atoms with Gasteiger partial charge in [0.25, 0.3) is 11.8 Å². The Morgan fingerprint density at radius 3 is 0.954 bits per heavy atom.